The van der Waals surface area contributed by atoms with Crippen molar-refractivity contribution in [2.45, 2.75) is 59.8 Å². The molecule has 0 spiro atoms. The van der Waals surface area contributed by atoms with E-state index in [-0.39, 0.29) is 11.3 Å². The average molecular weight is 302 g/mol. The van der Waals surface area contributed by atoms with Crippen molar-refractivity contribution in [3.8, 4) is 0 Å². The highest BCUT2D eigenvalue weighted by atomic mass is 16.4. The van der Waals surface area contributed by atoms with Crippen LogP contribution in [-0.2, 0) is 4.79 Å². The maximum absolute atomic E-state index is 11.7. The van der Waals surface area contributed by atoms with E-state index in [0.717, 1.165) is 24.8 Å². The molecule has 0 aliphatic heterocycles. The van der Waals surface area contributed by atoms with Gasteiger partial charge in [-0.2, -0.15) is 0 Å². The van der Waals surface area contributed by atoms with Crippen LogP contribution in [0.25, 0.3) is 0 Å². The van der Waals surface area contributed by atoms with Crippen LogP contribution in [0.3, 0.4) is 0 Å². The average Bonchev–Trinajstić information content (AvgIpc) is 2.43. The molecule has 0 saturated heterocycles. The second-order valence-corrected chi connectivity index (χ2v) is 8.04. The van der Waals surface area contributed by atoms with E-state index in [1.54, 1.807) is 0 Å². The minimum Gasteiger partial charge on any atom is -0.478 e. The van der Waals surface area contributed by atoms with Crippen LogP contribution in [0.2, 0.25) is 0 Å². The zero-order valence-corrected chi connectivity index (χ0v) is 14.5. The highest BCUT2D eigenvalue weighted by Gasteiger charge is 2.53. The van der Waals surface area contributed by atoms with Crippen molar-refractivity contribution < 1.29 is 9.90 Å². The van der Waals surface area contributed by atoms with Crippen LogP contribution in [-0.4, -0.2) is 11.1 Å². The van der Waals surface area contributed by atoms with Crippen molar-refractivity contribution in [1.82, 2.24) is 0 Å². The van der Waals surface area contributed by atoms with Crippen LogP contribution >= 0.6 is 0 Å². The minimum absolute atomic E-state index is 0.0855. The number of carboxylic acid groups (broad SMARTS) is 1. The maximum atomic E-state index is 11.7. The van der Waals surface area contributed by atoms with Crippen LogP contribution in [0.1, 0.15) is 59.8 Å². The van der Waals surface area contributed by atoms with E-state index in [0.29, 0.717) is 16.9 Å². The predicted octanol–water partition coefficient (Wildman–Crippen LogP) is 5.37. The van der Waals surface area contributed by atoms with Crippen LogP contribution < -0.4 is 0 Å². The van der Waals surface area contributed by atoms with Crippen LogP contribution in [0.4, 0.5) is 0 Å². The number of aliphatic carboxylic acids is 1. The first kappa shape index (κ1) is 17.1. The molecule has 0 aromatic rings. The van der Waals surface area contributed by atoms with Gasteiger partial charge >= 0.3 is 5.97 Å². The molecule has 0 amide bonds. The number of rotatable bonds is 4. The molecule has 22 heavy (non-hydrogen) atoms. The second-order valence-electron chi connectivity index (χ2n) is 8.04. The molecular weight excluding hydrogens is 272 g/mol. The Morgan fingerprint density at radius 2 is 2.09 bits per heavy atom. The van der Waals surface area contributed by atoms with E-state index in [1.807, 2.05) is 19.1 Å². The Morgan fingerprint density at radius 1 is 1.41 bits per heavy atom. The van der Waals surface area contributed by atoms with E-state index in [2.05, 4.69) is 33.4 Å². The van der Waals surface area contributed by atoms with Gasteiger partial charge in [0.25, 0.3) is 0 Å². The highest BCUT2D eigenvalue weighted by Crippen LogP contribution is 2.60. The summed E-state index contributed by atoms with van der Waals surface area (Å²) in [5.41, 5.74) is 2.14. The topological polar surface area (TPSA) is 37.3 Å². The first-order valence-corrected chi connectivity index (χ1v) is 8.45. The Labute approximate surface area is 135 Å². The van der Waals surface area contributed by atoms with Gasteiger partial charge in [0, 0.05) is 5.57 Å². The van der Waals surface area contributed by atoms with Gasteiger partial charge in [-0.15, -0.1) is 0 Å². The van der Waals surface area contributed by atoms with Gasteiger partial charge in [-0.3, -0.25) is 0 Å². The van der Waals surface area contributed by atoms with Gasteiger partial charge < -0.3 is 5.11 Å². The molecule has 0 heterocycles. The molecule has 0 aromatic carbocycles. The van der Waals surface area contributed by atoms with Gasteiger partial charge in [-0.1, -0.05) is 57.6 Å². The van der Waals surface area contributed by atoms with Crippen LogP contribution in [0.15, 0.2) is 36.0 Å². The Hall–Kier alpha value is -1.31. The molecule has 2 aliphatic rings. The van der Waals surface area contributed by atoms with Crippen molar-refractivity contribution >= 4 is 5.97 Å². The number of allylic oxidation sites excluding steroid dienone is 4. The zero-order chi connectivity index (χ0) is 16.5. The van der Waals surface area contributed by atoms with E-state index >= 15 is 0 Å². The smallest absolute Gasteiger partial charge is 0.331 e. The van der Waals surface area contributed by atoms with E-state index in [1.165, 1.54) is 12.8 Å². The summed E-state index contributed by atoms with van der Waals surface area (Å²) in [5, 5.41) is 9.66. The van der Waals surface area contributed by atoms with Gasteiger partial charge in [-0.05, 0) is 55.3 Å². The lowest BCUT2D eigenvalue weighted by atomic mass is 9.48. The molecule has 2 rings (SSSR count). The quantitative estimate of drug-likeness (QED) is 0.709. The third-order valence-electron chi connectivity index (χ3n) is 6.27. The first-order valence-electron chi connectivity index (χ1n) is 8.45. The fourth-order valence-electron chi connectivity index (χ4n) is 4.93. The lowest BCUT2D eigenvalue weighted by Crippen LogP contribution is -2.49. The maximum Gasteiger partial charge on any atom is 0.331 e. The summed E-state index contributed by atoms with van der Waals surface area (Å²) < 4.78 is 0. The lowest BCUT2D eigenvalue weighted by Gasteiger charge is -2.56. The molecule has 0 radical (unpaired) electrons. The van der Waals surface area contributed by atoms with Crippen molar-refractivity contribution in [2.24, 2.45) is 22.7 Å². The van der Waals surface area contributed by atoms with Crippen LogP contribution in [0, 0.1) is 22.7 Å². The number of hydrogen-bond donors (Lipinski definition) is 1. The molecule has 0 bridgehead atoms. The normalized spacial score (nSPS) is 34.5. The van der Waals surface area contributed by atoms with Gasteiger partial charge in [0.05, 0.1) is 0 Å². The molecule has 3 atom stereocenters. The summed E-state index contributed by atoms with van der Waals surface area (Å²) >= 11 is 0. The molecule has 1 saturated carbocycles. The summed E-state index contributed by atoms with van der Waals surface area (Å²) in [6.45, 7) is 12.9. The van der Waals surface area contributed by atoms with Gasteiger partial charge in [0.2, 0.25) is 0 Å². The fraction of sp³-hybridized carbons (Fsp3) is 0.650. The van der Waals surface area contributed by atoms with Crippen LogP contribution in [0.5, 0.6) is 0 Å². The Kier molecular flexibility index (Phi) is 4.70. The summed E-state index contributed by atoms with van der Waals surface area (Å²) in [4.78, 5) is 11.7. The summed E-state index contributed by atoms with van der Waals surface area (Å²) in [7, 11) is 0. The molecule has 1 unspecified atom stereocenters. The van der Waals surface area contributed by atoms with E-state index < -0.39 is 5.97 Å². The molecule has 2 aliphatic carbocycles. The second kappa shape index (κ2) is 6.06. The first-order chi connectivity index (χ1) is 10.2. The largest absolute Gasteiger partial charge is 0.478 e. The van der Waals surface area contributed by atoms with Crippen molar-refractivity contribution in [3.63, 3.8) is 0 Å². The molecular formula is C20H30O2. The Bertz CT molecular complexity index is 524. The van der Waals surface area contributed by atoms with E-state index in [4.69, 9.17) is 0 Å². The number of carboxylic acids is 1. The van der Waals surface area contributed by atoms with Gasteiger partial charge in [0.15, 0.2) is 0 Å². The number of carbonyl (C=O) groups is 1. The Morgan fingerprint density at radius 3 is 2.68 bits per heavy atom. The predicted molar refractivity (Wildman–Crippen MR) is 91.6 cm³/mol. The molecule has 2 nitrogen and oxygen atoms in total. The van der Waals surface area contributed by atoms with Crippen molar-refractivity contribution in [3.05, 3.63) is 36.0 Å². The van der Waals surface area contributed by atoms with Crippen molar-refractivity contribution in [2.75, 3.05) is 0 Å². The molecule has 2 heteroatoms. The van der Waals surface area contributed by atoms with E-state index in [9.17, 15) is 9.90 Å². The molecule has 1 N–H and O–H groups in total. The molecule has 1 fully saturated rings. The number of fused-ring (bicyclic) bond motifs is 1. The zero-order valence-electron chi connectivity index (χ0n) is 14.5. The molecule has 122 valence electrons. The SMILES string of the molecule is C=C/C(C)=C/C[C@H]1C(C(=O)O)=CCC2C(C)(C)CCC[C@@]21C. The van der Waals surface area contributed by atoms with Gasteiger partial charge in [0.1, 0.15) is 0 Å². The van der Waals surface area contributed by atoms with Crippen molar-refractivity contribution in [1.29, 1.82) is 0 Å². The lowest BCUT2D eigenvalue weighted by molar-refractivity contribution is -0.135. The Balaban J connectivity index is 2.43. The summed E-state index contributed by atoms with van der Waals surface area (Å²) in [6.07, 6.45) is 11.3. The summed E-state index contributed by atoms with van der Waals surface area (Å²) in [6, 6.07) is 0. The number of hydrogen-bond acceptors (Lipinski definition) is 1. The molecule has 0 aromatic heterocycles. The third kappa shape index (κ3) is 2.93. The highest BCUT2D eigenvalue weighted by molar-refractivity contribution is 5.87. The monoisotopic (exact) mass is 302 g/mol. The van der Waals surface area contributed by atoms with Gasteiger partial charge in [-0.25, -0.2) is 4.79 Å². The summed E-state index contributed by atoms with van der Waals surface area (Å²) in [5.74, 6) is -0.0600. The minimum atomic E-state index is -0.738. The third-order valence-corrected chi connectivity index (χ3v) is 6.27. The fourth-order valence-corrected chi connectivity index (χ4v) is 4.93. The standard InChI is InChI=1S/C20H30O2/c1-6-14(2)8-10-16-15(18(21)22)9-11-17-19(3,4)12-7-13-20(16,17)5/h6,8-9,16-17H,1,7,10-13H2,2-5H3,(H,21,22)/b14-8+/t16-,17?,20+/m0/s1.